The number of ether oxygens (including phenoxy) is 3. The highest BCUT2D eigenvalue weighted by molar-refractivity contribution is 5.71. The Hall–Kier alpha value is -3.67. The molecule has 0 spiro atoms. The van der Waals surface area contributed by atoms with Crippen LogP contribution in [0.25, 0.3) is 0 Å². The fourth-order valence-electron chi connectivity index (χ4n) is 9.25. The van der Waals surface area contributed by atoms with Crippen LogP contribution in [0.2, 0.25) is 0 Å². The number of allylic oxidation sites excluding steroid dienone is 16. The van der Waals surface area contributed by atoms with Gasteiger partial charge in [-0.3, -0.25) is 14.4 Å². The molecule has 6 nitrogen and oxygen atoms in total. The lowest BCUT2D eigenvalue weighted by Gasteiger charge is -2.18. The molecule has 0 aliphatic heterocycles. The molecule has 0 rings (SSSR count). The van der Waals surface area contributed by atoms with Gasteiger partial charge in [0.1, 0.15) is 13.2 Å². The van der Waals surface area contributed by atoms with Crippen molar-refractivity contribution in [2.75, 3.05) is 13.2 Å². The van der Waals surface area contributed by atoms with Crippen molar-refractivity contribution in [1.29, 1.82) is 0 Å². The standard InChI is InChI=1S/C71H122O6/c1-4-7-10-13-16-19-22-25-27-29-31-33-35-37-39-41-43-46-49-52-55-58-61-64-70(73)76-67-68(66-75-69(72)63-60-57-54-51-48-45-24-21-18-15-12-9-6-3)77-71(74)65-62-59-56-53-50-47-44-42-40-38-36-34-32-30-28-26-23-20-17-14-11-8-5-2/h7-8,10-11,16-17,19-20,25-28,31-34,68H,4-6,9,12-15,18,21-24,29-30,35-67H2,1-3H3/b10-7-,11-8-,19-16-,20-17-,27-25-,28-26-,33-31-,34-32-. The summed E-state index contributed by atoms with van der Waals surface area (Å²) in [5, 5.41) is 0. The van der Waals surface area contributed by atoms with Crippen LogP contribution in [0.5, 0.6) is 0 Å². The summed E-state index contributed by atoms with van der Waals surface area (Å²) in [6.45, 7) is 6.44. The van der Waals surface area contributed by atoms with Crippen LogP contribution in [-0.4, -0.2) is 37.2 Å². The maximum atomic E-state index is 12.9. The van der Waals surface area contributed by atoms with Gasteiger partial charge in [0.2, 0.25) is 0 Å². The van der Waals surface area contributed by atoms with E-state index >= 15 is 0 Å². The Labute approximate surface area is 477 Å². The lowest BCUT2D eigenvalue weighted by Crippen LogP contribution is -2.30. The summed E-state index contributed by atoms with van der Waals surface area (Å²) >= 11 is 0. The Morgan fingerprint density at radius 1 is 0.273 bits per heavy atom. The lowest BCUT2D eigenvalue weighted by atomic mass is 10.0. The molecule has 0 aliphatic carbocycles. The van der Waals surface area contributed by atoms with E-state index in [1.54, 1.807) is 0 Å². The quantitative estimate of drug-likeness (QED) is 0.0261. The molecule has 0 saturated heterocycles. The summed E-state index contributed by atoms with van der Waals surface area (Å²) in [5.41, 5.74) is 0. The molecule has 0 bridgehead atoms. The van der Waals surface area contributed by atoms with Crippen molar-refractivity contribution >= 4 is 17.9 Å². The minimum atomic E-state index is -0.782. The van der Waals surface area contributed by atoms with Crippen LogP contribution in [0.15, 0.2) is 97.2 Å². The molecule has 0 aromatic rings. The Kier molecular flexibility index (Phi) is 61.8. The molecule has 77 heavy (non-hydrogen) atoms. The molecular formula is C71H122O6. The predicted octanol–water partition coefficient (Wildman–Crippen LogP) is 22.4. The molecule has 0 N–H and O–H groups in total. The van der Waals surface area contributed by atoms with Gasteiger partial charge in [-0.2, -0.15) is 0 Å². The van der Waals surface area contributed by atoms with Gasteiger partial charge in [0, 0.05) is 19.3 Å². The number of carbonyl (C=O) groups excluding carboxylic acids is 3. The smallest absolute Gasteiger partial charge is 0.306 e. The third-order valence-electron chi connectivity index (χ3n) is 14.1. The third kappa shape index (κ3) is 63.0. The number of rotatable bonds is 59. The summed E-state index contributed by atoms with van der Waals surface area (Å²) in [6.07, 6.45) is 87.0. The zero-order chi connectivity index (χ0) is 55.7. The highest BCUT2D eigenvalue weighted by Crippen LogP contribution is 2.17. The van der Waals surface area contributed by atoms with Crippen molar-refractivity contribution in [3.63, 3.8) is 0 Å². The van der Waals surface area contributed by atoms with E-state index in [4.69, 9.17) is 14.2 Å². The first-order valence-corrected chi connectivity index (χ1v) is 32.7. The van der Waals surface area contributed by atoms with Gasteiger partial charge >= 0.3 is 17.9 Å². The van der Waals surface area contributed by atoms with Gasteiger partial charge in [0.05, 0.1) is 0 Å². The van der Waals surface area contributed by atoms with Crippen LogP contribution in [0.4, 0.5) is 0 Å². The number of hydrogen-bond donors (Lipinski definition) is 0. The average Bonchev–Trinajstić information content (AvgIpc) is 3.43. The van der Waals surface area contributed by atoms with E-state index in [1.807, 2.05) is 0 Å². The fraction of sp³-hybridized carbons (Fsp3) is 0.732. The molecule has 442 valence electrons. The Morgan fingerprint density at radius 2 is 0.506 bits per heavy atom. The largest absolute Gasteiger partial charge is 0.462 e. The van der Waals surface area contributed by atoms with E-state index in [1.165, 1.54) is 167 Å². The van der Waals surface area contributed by atoms with E-state index in [9.17, 15) is 14.4 Å². The van der Waals surface area contributed by atoms with Gasteiger partial charge in [-0.05, 0) is 96.3 Å². The van der Waals surface area contributed by atoms with Crippen LogP contribution >= 0.6 is 0 Å². The Balaban J connectivity index is 4.33. The number of carbonyl (C=O) groups is 3. The summed E-state index contributed by atoms with van der Waals surface area (Å²) in [4.78, 5) is 38.4. The molecule has 0 saturated carbocycles. The first-order valence-electron chi connectivity index (χ1n) is 32.7. The number of esters is 3. The molecule has 0 fully saturated rings. The zero-order valence-corrected chi connectivity index (χ0v) is 50.7. The van der Waals surface area contributed by atoms with E-state index in [0.717, 1.165) is 109 Å². The molecule has 0 aromatic heterocycles. The second-order valence-corrected chi connectivity index (χ2v) is 21.6. The van der Waals surface area contributed by atoms with Crippen molar-refractivity contribution in [3.8, 4) is 0 Å². The molecule has 0 amide bonds. The SMILES string of the molecule is CC/C=C\C/C=C\C/C=C\C/C=C\CCCCCCCCCCCCC(=O)OCC(COC(=O)CCCCCCCCCCCCCCC)OC(=O)CCCCCCCCCCCC/C=C\C/C=C\C/C=C\C/C=C\CC. The van der Waals surface area contributed by atoms with Crippen LogP contribution < -0.4 is 0 Å². The maximum absolute atomic E-state index is 12.9. The predicted molar refractivity (Wildman–Crippen MR) is 334 cm³/mol. The van der Waals surface area contributed by atoms with Crippen molar-refractivity contribution in [1.82, 2.24) is 0 Å². The molecule has 1 unspecified atom stereocenters. The van der Waals surface area contributed by atoms with Crippen molar-refractivity contribution in [3.05, 3.63) is 97.2 Å². The molecule has 0 aromatic carbocycles. The summed E-state index contributed by atoms with van der Waals surface area (Å²) < 4.78 is 17.0. The summed E-state index contributed by atoms with van der Waals surface area (Å²) in [5.74, 6) is -0.873. The minimum Gasteiger partial charge on any atom is -0.462 e. The average molecular weight is 1070 g/mol. The van der Waals surface area contributed by atoms with E-state index in [-0.39, 0.29) is 31.1 Å². The van der Waals surface area contributed by atoms with Crippen LogP contribution in [0, 0.1) is 0 Å². The molecule has 1 atom stereocenters. The van der Waals surface area contributed by atoms with Gasteiger partial charge in [-0.1, -0.05) is 298 Å². The second kappa shape index (κ2) is 64.9. The second-order valence-electron chi connectivity index (χ2n) is 21.6. The highest BCUT2D eigenvalue weighted by Gasteiger charge is 2.19. The van der Waals surface area contributed by atoms with Crippen molar-refractivity contribution in [2.24, 2.45) is 0 Å². The first kappa shape index (κ1) is 73.3. The lowest BCUT2D eigenvalue weighted by molar-refractivity contribution is -0.167. The molecular weight excluding hydrogens is 949 g/mol. The molecule has 0 radical (unpaired) electrons. The van der Waals surface area contributed by atoms with E-state index in [2.05, 4.69) is 118 Å². The minimum absolute atomic E-state index is 0.0774. The molecule has 0 aliphatic rings. The highest BCUT2D eigenvalue weighted by atomic mass is 16.6. The van der Waals surface area contributed by atoms with Crippen LogP contribution in [-0.2, 0) is 28.6 Å². The van der Waals surface area contributed by atoms with Gasteiger partial charge < -0.3 is 14.2 Å². The van der Waals surface area contributed by atoms with Gasteiger partial charge in [0.25, 0.3) is 0 Å². The monoisotopic (exact) mass is 1070 g/mol. The van der Waals surface area contributed by atoms with Crippen molar-refractivity contribution < 1.29 is 28.6 Å². The topological polar surface area (TPSA) is 78.9 Å². The van der Waals surface area contributed by atoms with Crippen LogP contribution in [0.3, 0.4) is 0 Å². The summed E-state index contributed by atoms with van der Waals surface area (Å²) in [7, 11) is 0. The molecule has 0 heterocycles. The Bertz CT molecular complexity index is 1510. The van der Waals surface area contributed by atoms with Crippen molar-refractivity contribution in [2.45, 2.75) is 322 Å². The fourth-order valence-corrected chi connectivity index (χ4v) is 9.25. The summed E-state index contributed by atoms with van der Waals surface area (Å²) in [6, 6.07) is 0. The van der Waals surface area contributed by atoms with Crippen LogP contribution in [0.1, 0.15) is 316 Å². The Morgan fingerprint density at radius 3 is 0.792 bits per heavy atom. The zero-order valence-electron chi connectivity index (χ0n) is 50.7. The maximum Gasteiger partial charge on any atom is 0.306 e. The van der Waals surface area contributed by atoms with Gasteiger partial charge in [-0.25, -0.2) is 0 Å². The van der Waals surface area contributed by atoms with E-state index < -0.39 is 6.10 Å². The van der Waals surface area contributed by atoms with Gasteiger partial charge in [-0.15, -0.1) is 0 Å². The third-order valence-corrected chi connectivity index (χ3v) is 14.1. The first-order chi connectivity index (χ1) is 38.0. The number of hydrogen-bond acceptors (Lipinski definition) is 6. The molecule has 6 heteroatoms. The van der Waals surface area contributed by atoms with Gasteiger partial charge in [0.15, 0.2) is 6.10 Å². The number of unbranched alkanes of at least 4 members (excludes halogenated alkanes) is 32. The van der Waals surface area contributed by atoms with E-state index in [0.29, 0.717) is 19.3 Å². The normalized spacial score (nSPS) is 12.7.